The fraction of sp³-hybridized carbons (Fsp3) is 0.333. The summed E-state index contributed by atoms with van der Waals surface area (Å²) in [5, 5.41) is 18.6. The van der Waals surface area contributed by atoms with Gasteiger partial charge in [-0.25, -0.2) is 0 Å². The van der Waals surface area contributed by atoms with E-state index >= 15 is 0 Å². The van der Waals surface area contributed by atoms with E-state index < -0.39 is 6.10 Å². The highest BCUT2D eigenvalue weighted by molar-refractivity contribution is 5.88. The van der Waals surface area contributed by atoms with E-state index in [9.17, 15) is 14.7 Å². The molecule has 1 heterocycles. The van der Waals surface area contributed by atoms with Crippen LogP contribution in [0, 0.1) is 0 Å². The highest BCUT2D eigenvalue weighted by Crippen LogP contribution is 2.18. The molecule has 0 bridgehead atoms. The van der Waals surface area contributed by atoms with Crippen molar-refractivity contribution >= 4 is 16.8 Å². The van der Waals surface area contributed by atoms with Gasteiger partial charge in [0.1, 0.15) is 23.7 Å². The van der Waals surface area contributed by atoms with Gasteiger partial charge in [0, 0.05) is 18.9 Å². The van der Waals surface area contributed by atoms with Gasteiger partial charge in [-0.15, -0.1) is 0 Å². The van der Waals surface area contributed by atoms with Gasteiger partial charge in [0.05, 0.1) is 11.5 Å². The van der Waals surface area contributed by atoms with Crippen molar-refractivity contribution in [3.63, 3.8) is 0 Å². The molecule has 2 N–H and O–H groups in total. The Hall–Kier alpha value is -1.98. The molecule has 1 aromatic carbocycles. The Labute approximate surface area is 115 Å². The normalized spacial score (nSPS) is 12.6. The minimum Gasteiger partial charge on any atom is -0.458 e. The number of hydrogen-bond donors (Lipinski definition) is 2. The maximum atomic E-state index is 12.1. The average molecular weight is 276 g/mol. The van der Waals surface area contributed by atoms with Gasteiger partial charge in [-0.1, -0.05) is 12.1 Å². The molecule has 0 fully saturated rings. The van der Waals surface area contributed by atoms with Gasteiger partial charge in [-0.05, 0) is 18.6 Å². The number of hydrogen-bond acceptors (Lipinski definition) is 5. The lowest BCUT2D eigenvalue weighted by molar-refractivity contribution is -0.120. The molecule has 0 spiro atoms. The number of aliphatic hydroxyl groups excluding tert-OH is 2. The minimum absolute atomic E-state index is 0.0520. The third-order valence-electron chi connectivity index (χ3n) is 2.96. The molecule has 20 heavy (non-hydrogen) atoms. The summed E-state index contributed by atoms with van der Waals surface area (Å²) in [5.74, 6) is 0.0492. The summed E-state index contributed by atoms with van der Waals surface area (Å²) in [6.45, 7) is 1.19. The van der Waals surface area contributed by atoms with Crippen LogP contribution < -0.4 is 5.43 Å². The molecule has 0 amide bonds. The summed E-state index contributed by atoms with van der Waals surface area (Å²) < 4.78 is 5.38. The van der Waals surface area contributed by atoms with E-state index in [4.69, 9.17) is 9.52 Å². The summed E-state index contributed by atoms with van der Waals surface area (Å²) in [6.07, 6.45) is -0.572. The number of Topliss-reactive ketones (excluding diaryl/α,β-unsaturated/α-hetero) is 1. The maximum absolute atomic E-state index is 12.1. The van der Waals surface area contributed by atoms with E-state index in [2.05, 4.69) is 0 Å². The Morgan fingerprint density at radius 2 is 2.15 bits per heavy atom. The predicted molar refractivity (Wildman–Crippen MR) is 73.4 cm³/mol. The number of carbonyl (C=O) groups excluding carboxylic acids is 1. The van der Waals surface area contributed by atoms with Crippen molar-refractivity contribution in [3.8, 4) is 0 Å². The largest absolute Gasteiger partial charge is 0.458 e. The van der Waals surface area contributed by atoms with Gasteiger partial charge in [0.25, 0.3) is 0 Å². The molecule has 0 radical (unpaired) electrons. The summed E-state index contributed by atoms with van der Waals surface area (Å²) >= 11 is 0. The van der Waals surface area contributed by atoms with E-state index in [0.717, 1.165) is 0 Å². The van der Waals surface area contributed by atoms with E-state index in [0.29, 0.717) is 16.5 Å². The lowest BCUT2D eigenvalue weighted by atomic mass is 10.0. The van der Waals surface area contributed by atoms with Crippen LogP contribution in [-0.2, 0) is 17.8 Å². The third-order valence-corrected chi connectivity index (χ3v) is 2.96. The fourth-order valence-electron chi connectivity index (χ4n) is 2.17. The van der Waals surface area contributed by atoms with Crippen LogP contribution in [0.1, 0.15) is 24.7 Å². The van der Waals surface area contributed by atoms with Crippen LogP contribution in [0.15, 0.2) is 33.5 Å². The van der Waals surface area contributed by atoms with Crippen molar-refractivity contribution in [2.24, 2.45) is 0 Å². The number of rotatable bonds is 5. The van der Waals surface area contributed by atoms with Crippen LogP contribution in [0.3, 0.4) is 0 Å². The van der Waals surface area contributed by atoms with E-state index in [-0.39, 0.29) is 36.4 Å². The first kappa shape index (κ1) is 14.4. The average Bonchev–Trinajstić information content (AvgIpc) is 2.37. The SMILES string of the molecule is CC(O)CC(=O)Cc1cccc2oc(CO)cc(=O)c12. The maximum Gasteiger partial charge on any atom is 0.193 e. The highest BCUT2D eigenvalue weighted by Gasteiger charge is 2.13. The monoisotopic (exact) mass is 276 g/mol. The highest BCUT2D eigenvalue weighted by atomic mass is 16.4. The van der Waals surface area contributed by atoms with Crippen molar-refractivity contribution in [2.45, 2.75) is 32.5 Å². The Bertz CT molecular complexity index is 684. The molecular weight excluding hydrogens is 260 g/mol. The van der Waals surface area contributed by atoms with Crippen molar-refractivity contribution in [2.75, 3.05) is 0 Å². The lowest BCUT2D eigenvalue weighted by Crippen LogP contribution is -2.13. The number of ketones is 1. The van der Waals surface area contributed by atoms with Gasteiger partial charge in [0.15, 0.2) is 5.43 Å². The van der Waals surface area contributed by atoms with E-state index in [1.54, 1.807) is 25.1 Å². The molecule has 0 aliphatic heterocycles. The number of fused-ring (bicyclic) bond motifs is 1. The molecule has 1 unspecified atom stereocenters. The zero-order chi connectivity index (χ0) is 14.7. The summed E-state index contributed by atoms with van der Waals surface area (Å²) in [5.41, 5.74) is 0.644. The van der Waals surface area contributed by atoms with Crippen molar-refractivity contribution < 1.29 is 19.4 Å². The van der Waals surface area contributed by atoms with Gasteiger partial charge in [0.2, 0.25) is 0 Å². The molecule has 1 aromatic heterocycles. The second kappa shape index (κ2) is 5.98. The molecule has 0 saturated carbocycles. The first-order valence-corrected chi connectivity index (χ1v) is 6.36. The zero-order valence-electron chi connectivity index (χ0n) is 11.1. The van der Waals surface area contributed by atoms with Crippen LogP contribution in [0.4, 0.5) is 0 Å². The van der Waals surface area contributed by atoms with Crippen LogP contribution in [0.2, 0.25) is 0 Å². The number of carbonyl (C=O) groups is 1. The van der Waals surface area contributed by atoms with Gasteiger partial charge < -0.3 is 14.6 Å². The molecule has 1 atom stereocenters. The standard InChI is InChI=1S/C15H16O5/c1-9(17)5-11(18)6-10-3-2-4-14-15(10)13(19)7-12(8-16)20-14/h2-4,7,9,16-17H,5-6,8H2,1H3. The molecular formula is C15H16O5. The van der Waals surface area contributed by atoms with Crippen LogP contribution in [0.5, 0.6) is 0 Å². The number of aliphatic hydroxyl groups is 2. The van der Waals surface area contributed by atoms with Crippen LogP contribution in [-0.4, -0.2) is 22.1 Å². The molecule has 5 heteroatoms. The van der Waals surface area contributed by atoms with E-state index in [1.807, 2.05) is 0 Å². The molecule has 0 aliphatic rings. The second-order valence-electron chi connectivity index (χ2n) is 4.79. The quantitative estimate of drug-likeness (QED) is 0.855. The predicted octanol–water partition coefficient (Wildman–Crippen LogP) is 1.17. The summed E-state index contributed by atoms with van der Waals surface area (Å²) in [6, 6.07) is 6.23. The molecule has 2 rings (SSSR count). The zero-order valence-corrected chi connectivity index (χ0v) is 11.1. The van der Waals surface area contributed by atoms with E-state index in [1.165, 1.54) is 6.07 Å². The lowest BCUT2D eigenvalue weighted by Gasteiger charge is -2.07. The second-order valence-corrected chi connectivity index (χ2v) is 4.79. The van der Waals surface area contributed by atoms with Crippen LogP contribution in [0.25, 0.3) is 11.0 Å². The van der Waals surface area contributed by atoms with Crippen molar-refractivity contribution in [3.05, 3.63) is 45.8 Å². The molecule has 106 valence electrons. The van der Waals surface area contributed by atoms with Gasteiger partial charge in [-0.2, -0.15) is 0 Å². The Morgan fingerprint density at radius 1 is 1.40 bits per heavy atom. The Kier molecular flexibility index (Phi) is 4.32. The Balaban J connectivity index is 2.44. The van der Waals surface area contributed by atoms with Gasteiger partial charge in [-0.3, -0.25) is 9.59 Å². The smallest absolute Gasteiger partial charge is 0.193 e. The molecule has 0 aliphatic carbocycles. The molecule has 5 nitrogen and oxygen atoms in total. The molecule has 0 saturated heterocycles. The number of benzene rings is 1. The topological polar surface area (TPSA) is 87.7 Å². The summed E-state index contributed by atoms with van der Waals surface area (Å²) in [4.78, 5) is 23.8. The van der Waals surface area contributed by atoms with Gasteiger partial charge >= 0.3 is 0 Å². The fourth-order valence-corrected chi connectivity index (χ4v) is 2.17. The molecule has 2 aromatic rings. The minimum atomic E-state index is -0.699. The van der Waals surface area contributed by atoms with Crippen molar-refractivity contribution in [1.29, 1.82) is 0 Å². The third kappa shape index (κ3) is 3.12. The van der Waals surface area contributed by atoms with Crippen molar-refractivity contribution in [1.82, 2.24) is 0 Å². The first-order chi connectivity index (χ1) is 9.51. The summed E-state index contributed by atoms with van der Waals surface area (Å²) in [7, 11) is 0. The first-order valence-electron chi connectivity index (χ1n) is 6.36. The van der Waals surface area contributed by atoms with Crippen LogP contribution >= 0.6 is 0 Å². The Morgan fingerprint density at radius 3 is 2.80 bits per heavy atom.